The molecule has 21 heavy (non-hydrogen) atoms. The first kappa shape index (κ1) is 13.7. The van der Waals surface area contributed by atoms with E-state index in [9.17, 15) is 0 Å². The minimum absolute atomic E-state index is 0.224. The van der Waals surface area contributed by atoms with Crippen LogP contribution >= 0.6 is 0 Å². The molecule has 0 bridgehead atoms. The van der Waals surface area contributed by atoms with Crippen molar-refractivity contribution in [1.82, 2.24) is 19.8 Å². The normalized spacial score (nSPS) is 37.0. The molecule has 3 saturated heterocycles. The lowest BCUT2D eigenvalue weighted by Crippen LogP contribution is -2.47. The third-order valence-corrected chi connectivity index (χ3v) is 5.56. The molecule has 3 aliphatic rings. The van der Waals surface area contributed by atoms with Crippen LogP contribution in [0.5, 0.6) is 0 Å². The van der Waals surface area contributed by atoms with E-state index in [1.165, 1.54) is 31.5 Å². The highest BCUT2D eigenvalue weighted by molar-refractivity contribution is 5.17. The highest BCUT2D eigenvalue weighted by Gasteiger charge is 2.35. The van der Waals surface area contributed by atoms with Gasteiger partial charge >= 0.3 is 0 Å². The molecule has 5 nitrogen and oxygen atoms in total. The number of morpholine rings is 1. The van der Waals surface area contributed by atoms with Gasteiger partial charge in [0.1, 0.15) is 0 Å². The molecule has 0 radical (unpaired) electrons. The van der Waals surface area contributed by atoms with Crippen molar-refractivity contribution < 1.29 is 4.74 Å². The number of imidazole rings is 1. The number of aromatic nitrogens is 2. The summed E-state index contributed by atoms with van der Waals surface area (Å²) in [6, 6.07) is 0.681. The van der Waals surface area contributed by atoms with Gasteiger partial charge in [-0.3, -0.25) is 4.90 Å². The Kier molecular flexibility index (Phi) is 3.52. The highest BCUT2D eigenvalue weighted by Crippen LogP contribution is 2.30. The van der Waals surface area contributed by atoms with E-state index in [4.69, 9.17) is 4.74 Å². The largest absolute Gasteiger partial charge is 0.373 e. The standard InChI is InChI=1S/C16H26N4O/c1-16(4-5-17-11-16)15-7-18-12-20(15)9-14-8-19-6-2-3-13(19)10-21-14/h7,12-14,17H,2-6,8-11H2,1H3. The van der Waals surface area contributed by atoms with Gasteiger partial charge in [-0.15, -0.1) is 0 Å². The third-order valence-electron chi connectivity index (χ3n) is 5.56. The molecule has 0 spiro atoms. The van der Waals surface area contributed by atoms with E-state index in [-0.39, 0.29) is 5.41 Å². The number of hydrogen-bond acceptors (Lipinski definition) is 4. The van der Waals surface area contributed by atoms with Gasteiger partial charge in [0.05, 0.1) is 25.6 Å². The van der Waals surface area contributed by atoms with E-state index in [1.54, 1.807) is 0 Å². The summed E-state index contributed by atoms with van der Waals surface area (Å²) < 4.78 is 8.44. The average Bonchev–Trinajstić information content (AvgIpc) is 3.18. The van der Waals surface area contributed by atoms with E-state index >= 15 is 0 Å². The maximum Gasteiger partial charge on any atom is 0.0949 e. The molecule has 4 rings (SSSR count). The quantitative estimate of drug-likeness (QED) is 0.902. The minimum Gasteiger partial charge on any atom is -0.373 e. The van der Waals surface area contributed by atoms with Gasteiger partial charge in [0.2, 0.25) is 0 Å². The third kappa shape index (κ3) is 2.51. The molecule has 116 valence electrons. The zero-order valence-corrected chi connectivity index (χ0v) is 12.9. The van der Waals surface area contributed by atoms with Crippen LogP contribution in [0.2, 0.25) is 0 Å². The summed E-state index contributed by atoms with van der Waals surface area (Å²) >= 11 is 0. The summed E-state index contributed by atoms with van der Waals surface area (Å²) in [5.74, 6) is 0. The zero-order valence-electron chi connectivity index (χ0n) is 12.9. The van der Waals surface area contributed by atoms with E-state index in [1.807, 2.05) is 6.33 Å². The molecule has 5 heteroatoms. The molecule has 0 aliphatic carbocycles. The average molecular weight is 290 g/mol. The Balaban J connectivity index is 1.47. The monoisotopic (exact) mass is 290 g/mol. The SMILES string of the molecule is CC1(c2cncn2CC2CN3CCCC3CO2)CCNC1. The molecule has 3 aliphatic heterocycles. The predicted molar refractivity (Wildman–Crippen MR) is 81.4 cm³/mol. The first-order chi connectivity index (χ1) is 10.2. The van der Waals surface area contributed by atoms with E-state index < -0.39 is 0 Å². The maximum atomic E-state index is 6.11. The minimum atomic E-state index is 0.224. The lowest BCUT2D eigenvalue weighted by Gasteiger charge is -2.36. The molecule has 3 atom stereocenters. The van der Waals surface area contributed by atoms with Crippen LogP contribution in [0, 0.1) is 0 Å². The Morgan fingerprint density at radius 2 is 2.48 bits per heavy atom. The molecule has 3 unspecified atom stereocenters. The fourth-order valence-electron chi connectivity index (χ4n) is 4.22. The number of ether oxygens (including phenoxy) is 1. The van der Waals surface area contributed by atoms with Gasteiger partial charge in [0.25, 0.3) is 0 Å². The van der Waals surface area contributed by atoms with Crippen LogP contribution < -0.4 is 5.32 Å². The first-order valence-electron chi connectivity index (χ1n) is 8.32. The number of hydrogen-bond donors (Lipinski definition) is 1. The van der Waals surface area contributed by atoms with Crippen LogP contribution in [-0.2, 0) is 16.7 Å². The Labute approximate surface area is 126 Å². The first-order valence-corrected chi connectivity index (χ1v) is 8.32. The summed E-state index contributed by atoms with van der Waals surface area (Å²) in [5.41, 5.74) is 1.58. The van der Waals surface area contributed by atoms with E-state index in [0.29, 0.717) is 12.1 Å². The van der Waals surface area contributed by atoms with E-state index in [2.05, 4.69) is 32.9 Å². The van der Waals surface area contributed by atoms with Crippen LogP contribution in [0.3, 0.4) is 0 Å². The summed E-state index contributed by atoms with van der Waals surface area (Å²) in [5, 5.41) is 3.48. The molecule has 0 aromatic carbocycles. The van der Waals surface area contributed by atoms with Crippen molar-refractivity contribution in [2.75, 3.05) is 32.8 Å². The number of fused-ring (bicyclic) bond motifs is 1. The molecule has 0 saturated carbocycles. The van der Waals surface area contributed by atoms with Gasteiger partial charge in [0, 0.05) is 36.4 Å². The van der Waals surface area contributed by atoms with Crippen molar-refractivity contribution in [2.24, 2.45) is 0 Å². The molecule has 0 amide bonds. The van der Waals surface area contributed by atoms with Crippen LogP contribution in [0.25, 0.3) is 0 Å². The summed E-state index contributed by atoms with van der Waals surface area (Å²) in [7, 11) is 0. The van der Waals surface area contributed by atoms with Gasteiger partial charge in [0.15, 0.2) is 0 Å². The Morgan fingerprint density at radius 1 is 1.52 bits per heavy atom. The predicted octanol–water partition coefficient (Wildman–Crippen LogP) is 0.997. The second-order valence-electron chi connectivity index (χ2n) is 7.17. The number of nitrogens with one attached hydrogen (secondary N) is 1. The molecular weight excluding hydrogens is 264 g/mol. The Hall–Kier alpha value is -0.910. The van der Waals surface area contributed by atoms with Gasteiger partial charge in [-0.25, -0.2) is 4.98 Å². The van der Waals surface area contributed by atoms with Gasteiger partial charge in [-0.2, -0.15) is 0 Å². The topological polar surface area (TPSA) is 42.3 Å². The van der Waals surface area contributed by atoms with Crippen molar-refractivity contribution in [3.8, 4) is 0 Å². The Morgan fingerprint density at radius 3 is 3.33 bits per heavy atom. The van der Waals surface area contributed by atoms with Crippen molar-refractivity contribution >= 4 is 0 Å². The van der Waals surface area contributed by atoms with Crippen molar-refractivity contribution in [3.05, 3.63) is 18.2 Å². The van der Waals surface area contributed by atoms with Crippen LogP contribution in [0.1, 0.15) is 31.9 Å². The lowest BCUT2D eigenvalue weighted by molar-refractivity contribution is -0.0556. The highest BCUT2D eigenvalue weighted by atomic mass is 16.5. The van der Waals surface area contributed by atoms with Crippen LogP contribution in [0.4, 0.5) is 0 Å². The maximum absolute atomic E-state index is 6.11. The Bertz CT molecular complexity index is 494. The summed E-state index contributed by atoms with van der Waals surface area (Å²) in [4.78, 5) is 7.02. The molecule has 1 N–H and O–H groups in total. The molecule has 1 aromatic rings. The van der Waals surface area contributed by atoms with Crippen molar-refractivity contribution in [1.29, 1.82) is 0 Å². The smallest absolute Gasteiger partial charge is 0.0949 e. The van der Waals surface area contributed by atoms with Crippen molar-refractivity contribution in [3.63, 3.8) is 0 Å². The number of nitrogens with zero attached hydrogens (tertiary/aromatic N) is 3. The summed E-state index contributed by atoms with van der Waals surface area (Å²) in [6.07, 6.45) is 8.18. The molecule has 1 aromatic heterocycles. The van der Waals surface area contributed by atoms with Gasteiger partial charge in [-0.1, -0.05) is 6.92 Å². The fourth-order valence-corrected chi connectivity index (χ4v) is 4.22. The second-order valence-corrected chi connectivity index (χ2v) is 7.17. The van der Waals surface area contributed by atoms with Crippen LogP contribution in [-0.4, -0.2) is 59.4 Å². The van der Waals surface area contributed by atoms with Gasteiger partial charge in [-0.05, 0) is 32.4 Å². The number of rotatable bonds is 3. The molecular formula is C16H26N4O. The van der Waals surface area contributed by atoms with Crippen LogP contribution in [0.15, 0.2) is 12.5 Å². The lowest BCUT2D eigenvalue weighted by atomic mass is 9.86. The van der Waals surface area contributed by atoms with Gasteiger partial charge < -0.3 is 14.6 Å². The zero-order chi connectivity index (χ0) is 14.3. The van der Waals surface area contributed by atoms with E-state index in [0.717, 1.165) is 32.8 Å². The second kappa shape index (κ2) is 5.38. The molecule has 3 fully saturated rings. The fraction of sp³-hybridized carbons (Fsp3) is 0.812. The van der Waals surface area contributed by atoms with Crippen molar-refractivity contribution in [2.45, 2.75) is 50.3 Å². The summed E-state index contributed by atoms with van der Waals surface area (Å²) in [6.45, 7) is 8.69. The molecule has 4 heterocycles.